The van der Waals surface area contributed by atoms with Crippen LogP contribution in [0.15, 0.2) is 23.1 Å². The fraction of sp³-hybridized carbons (Fsp3) is 0.333. The van der Waals surface area contributed by atoms with Gasteiger partial charge in [-0.25, -0.2) is 0 Å². The van der Waals surface area contributed by atoms with Crippen LogP contribution in [0, 0.1) is 13.8 Å². The molecule has 0 bridgehead atoms. The lowest BCUT2D eigenvalue weighted by molar-refractivity contribution is 0.466. The van der Waals surface area contributed by atoms with Gasteiger partial charge in [0, 0.05) is 0 Å². The second-order valence-electron chi connectivity index (χ2n) is 3.42. The minimum absolute atomic E-state index is 0.127. The van der Waals surface area contributed by atoms with Crippen molar-refractivity contribution < 1.29 is 20.5 Å². The SMILES string of the molecule is Cc1cccc(S(=O)(=O)OS(C)(=O)=O)c1C. The molecule has 0 saturated heterocycles. The summed E-state index contributed by atoms with van der Waals surface area (Å²) in [5.74, 6) is 0. The van der Waals surface area contributed by atoms with Gasteiger partial charge in [0.15, 0.2) is 0 Å². The molecule has 0 aromatic heterocycles. The van der Waals surface area contributed by atoms with Gasteiger partial charge >= 0.3 is 10.1 Å². The van der Waals surface area contributed by atoms with Crippen molar-refractivity contribution in [3.63, 3.8) is 0 Å². The Bertz CT molecular complexity index is 599. The Hall–Kier alpha value is -0.920. The molecule has 90 valence electrons. The lowest BCUT2D eigenvalue weighted by atomic mass is 10.1. The first-order valence-corrected chi connectivity index (χ1v) is 7.58. The Morgan fingerprint density at radius 2 is 1.62 bits per heavy atom. The van der Waals surface area contributed by atoms with Gasteiger partial charge in [0.25, 0.3) is 10.1 Å². The van der Waals surface area contributed by atoms with Gasteiger partial charge in [-0.05, 0) is 31.0 Å². The molecule has 1 aromatic rings. The van der Waals surface area contributed by atoms with E-state index in [1.54, 1.807) is 19.9 Å². The van der Waals surface area contributed by atoms with Crippen LogP contribution in [-0.4, -0.2) is 23.1 Å². The Morgan fingerprint density at radius 3 is 2.12 bits per heavy atom. The molecule has 0 aliphatic carbocycles. The first-order valence-electron chi connectivity index (χ1n) is 4.36. The zero-order valence-electron chi connectivity index (χ0n) is 9.09. The van der Waals surface area contributed by atoms with E-state index in [1.165, 1.54) is 12.1 Å². The van der Waals surface area contributed by atoms with Crippen molar-refractivity contribution >= 4 is 20.2 Å². The summed E-state index contributed by atoms with van der Waals surface area (Å²) in [6.07, 6.45) is 0.690. The summed E-state index contributed by atoms with van der Waals surface area (Å²) >= 11 is 0. The van der Waals surface area contributed by atoms with Crippen molar-refractivity contribution in [3.8, 4) is 0 Å². The second kappa shape index (κ2) is 4.15. The van der Waals surface area contributed by atoms with E-state index in [0.717, 1.165) is 5.56 Å². The lowest BCUT2D eigenvalue weighted by Crippen LogP contribution is -2.13. The molecule has 0 heterocycles. The smallest absolute Gasteiger partial charge is 0.199 e. The van der Waals surface area contributed by atoms with Gasteiger partial charge < -0.3 is 0 Å². The summed E-state index contributed by atoms with van der Waals surface area (Å²) in [7, 11) is -8.31. The fourth-order valence-electron chi connectivity index (χ4n) is 1.19. The summed E-state index contributed by atoms with van der Waals surface area (Å²) in [6, 6.07) is 4.57. The Labute approximate surface area is 95.3 Å². The van der Waals surface area contributed by atoms with Gasteiger partial charge in [0.1, 0.15) is 0 Å². The highest BCUT2D eigenvalue weighted by Gasteiger charge is 2.23. The molecule has 0 spiro atoms. The zero-order valence-corrected chi connectivity index (χ0v) is 10.7. The lowest BCUT2D eigenvalue weighted by Gasteiger charge is -2.08. The third kappa shape index (κ3) is 3.03. The Balaban J connectivity index is 3.34. The molecule has 0 radical (unpaired) electrons. The molecule has 0 aliphatic heterocycles. The maximum Gasteiger partial charge on any atom is 0.311 e. The maximum absolute atomic E-state index is 11.6. The van der Waals surface area contributed by atoms with E-state index in [9.17, 15) is 16.8 Å². The minimum atomic E-state index is -4.26. The van der Waals surface area contributed by atoms with Crippen molar-refractivity contribution in [2.45, 2.75) is 18.7 Å². The van der Waals surface area contributed by atoms with E-state index in [4.69, 9.17) is 0 Å². The van der Waals surface area contributed by atoms with Crippen LogP contribution in [0.25, 0.3) is 0 Å². The summed E-state index contributed by atoms with van der Waals surface area (Å²) in [4.78, 5) is -0.127. The van der Waals surface area contributed by atoms with E-state index in [2.05, 4.69) is 3.63 Å². The van der Waals surface area contributed by atoms with Crippen molar-refractivity contribution in [3.05, 3.63) is 29.3 Å². The van der Waals surface area contributed by atoms with Crippen molar-refractivity contribution in [2.24, 2.45) is 0 Å². The summed E-state index contributed by atoms with van der Waals surface area (Å²) in [5, 5.41) is 0. The third-order valence-electron chi connectivity index (χ3n) is 2.04. The van der Waals surface area contributed by atoms with Crippen molar-refractivity contribution in [1.29, 1.82) is 0 Å². The molecule has 1 aromatic carbocycles. The second-order valence-corrected chi connectivity index (χ2v) is 6.72. The average Bonchev–Trinajstić information content (AvgIpc) is 2.05. The van der Waals surface area contributed by atoms with Gasteiger partial charge in [0.2, 0.25) is 0 Å². The maximum atomic E-state index is 11.6. The number of aryl methyl sites for hydroxylation is 1. The fourth-order valence-corrected chi connectivity index (χ4v) is 3.57. The van der Waals surface area contributed by atoms with Crippen LogP contribution in [0.3, 0.4) is 0 Å². The van der Waals surface area contributed by atoms with Crippen molar-refractivity contribution in [1.82, 2.24) is 0 Å². The number of rotatable bonds is 3. The Kier molecular flexibility index (Phi) is 3.41. The topological polar surface area (TPSA) is 77.5 Å². The molecule has 16 heavy (non-hydrogen) atoms. The molecule has 0 unspecified atom stereocenters. The van der Waals surface area contributed by atoms with Crippen LogP contribution >= 0.6 is 0 Å². The van der Waals surface area contributed by atoms with E-state index < -0.39 is 20.2 Å². The van der Waals surface area contributed by atoms with E-state index in [-0.39, 0.29) is 4.90 Å². The number of benzene rings is 1. The molecule has 0 aliphatic rings. The monoisotopic (exact) mass is 264 g/mol. The van der Waals surface area contributed by atoms with E-state index in [0.29, 0.717) is 11.8 Å². The van der Waals surface area contributed by atoms with Gasteiger partial charge in [-0.2, -0.15) is 16.8 Å². The minimum Gasteiger partial charge on any atom is -0.199 e. The van der Waals surface area contributed by atoms with Crippen molar-refractivity contribution in [2.75, 3.05) is 6.26 Å². The van der Waals surface area contributed by atoms with Gasteiger partial charge in [0.05, 0.1) is 11.2 Å². The number of hydrogen-bond acceptors (Lipinski definition) is 5. The first kappa shape index (κ1) is 13.1. The van der Waals surface area contributed by atoms with Gasteiger partial charge in [-0.1, -0.05) is 12.1 Å². The molecular formula is C9H12O5S2. The van der Waals surface area contributed by atoms with Gasteiger partial charge in [-0.3, -0.25) is 0 Å². The summed E-state index contributed by atoms with van der Waals surface area (Å²) in [6.45, 7) is 3.32. The van der Waals surface area contributed by atoms with E-state index in [1.807, 2.05) is 0 Å². The van der Waals surface area contributed by atoms with Crippen LogP contribution in [0.2, 0.25) is 0 Å². The highest BCUT2D eigenvalue weighted by atomic mass is 32.3. The molecule has 0 saturated carbocycles. The normalized spacial score (nSPS) is 12.7. The third-order valence-corrected chi connectivity index (χ3v) is 4.72. The van der Waals surface area contributed by atoms with Crippen LogP contribution in [0.5, 0.6) is 0 Å². The number of hydrogen-bond donors (Lipinski definition) is 0. The molecule has 5 nitrogen and oxygen atoms in total. The first-order chi connectivity index (χ1) is 7.13. The van der Waals surface area contributed by atoms with Gasteiger partial charge in [-0.15, -0.1) is 3.63 Å². The predicted octanol–water partition coefficient (Wildman–Crippen LogP) is 0.968. The summed E-state index contributed by atoms with van der Waals surface area (Å²) < 4.78 is 49.0. The Morgan fingerprint density at radius 1 is 1.06 bits per heavy atom. The quantitative estimate of drug-likeness (QED) is 0.813. The van der Waals surface area contributed by atoms with Crippen LogP contribution in [0.1, 0.15) is 11.1 Å². The largest absolute Gasteiger partial charge is 0.311 e. The van der Waals surface area contributed by atoms with Crippen LogP contribution in [-0.2, 0) is 23.9 Å². The average molecular weight is 264 g/mol. The molecule has 0 N–H and O–H groups in total. The predicted molar refractivity (Wildman–Crippen MR) is 59.0 cm³/mol. The molecule has 0 fully saturated rings. The highest BCUT2D eigenvalue weighted by Crippen LogP contribution is 2.21. The highest BCUT2D eigenvalue weighted by molar-refractivity contribution is 7.99. The summed E-state index contributed by atoms with van der Waals surface area (Å²) in [5.41, 5.74) is 1.23. The standard InChI is InChI=1S/C9H12O5S2/c1-7-5-4-6-9(8(7)2)16(12,13)14-15(3,10)11/h4-6H,1-3H3. The molecular weight excluding hydrogens is 252 g/mol. The van der Waals surface area contributed by atoms with Crippen LogP contribution in [0.4, 0.5) is 0 Å². The molecule has 7 heteroatoms. The molecule has 0 atom stereocenters. The van der Waals surface area contributed by atoms with E-state index >= 15 is 0 Å². The molecule has 0 amide bonds. The molecule has 1 rings (SSSR count). The zero-order chi connectivity index (χ0) is 12.6. The van der Waals surface area contributed by atoms with Crippen LogP contribution < -0.4 is 0 Å².